The molecule has 0 bridgehead atoms. The summed E-state index contributed by atoms with van der Waals surface area (Å²) >= 11 is 6.43. The van der Waals surface area contributed by atoms with Gasteiger partial charge in [-0.15, -0.1) is 0 Å². The lowest BCUT2D eigenvalue weighted by Gasteiger charge is -2.32. The van der Waals surface area contributed by atoms with Gasteiger partial charge in [0.2, 0.25) is 5.95 Å². The molecule has 2 heterocycles. The van der Waals surface area contributed by atoms with Gasteiger partial charge in [0.05, 0.1) is 19.2 Å². The van der Waals surface area contributed by atoms with Gasteiger partial charge in [0.25, 0.3) is 0 Å². The summed E-state index contributed by atoms with van der Waals surface area (Å²) in [6.45, 7) is 0. The first-order valence-corrected chi connectivity index (χ1v) is 8.18. The maximum atomic E-state index is 6.43. The second-order valence-corrected chi connectivity index (χ2v) is 6.18. The average Bonchev–Trinajstić information content (AvgIpc) is 3.10. The molecule has 0 fully saturated rings. The van der Waals surface area contributed by atoms with E-state index in [4.69, 9.17) is 16.3 Å². The molecule has 5 nitrogen and oxygen atoms in total. The molecule has 1 N–H and O–H groups in total. The summed E-state index contributed by atoms with van der Waals surface area (Å²) in [5.74, 6) is 1.60. The quantitative estimate of drug-likeness (QED) is 0.780. The van der Waals surface area contributed by atoms with Gasteiger partial charge < -0.3 is 10.1 Å². The number of nitrogens with zero attached hydrogens (tertiary/aromatic N) is 3. The van der Waals surface area contributed by atoms with E-state index in [1.165, 1.54) is 5.56 Å². The predicted molar refractivity (Wildman–Crippen MR) is 93.6 cm³/mol. The number of benzene rings is 2. The van der Waals surface area contributed by atoms with Crippen LogP contribution in [0.2, 0.25) is 5.02 Å². The van der Waals surface area contributed by atoms with Gasteiger partial charge in [-0.25, -0.2) is 4.68 Å². The van der Waals surface area contributed by atoms with Crippen LogP contribution in [0.15, 0.2) is 54.9 Å². The number of methoxy groups -OCH3 is 1. The molecule has 0 unspecified atom stereocenters. The van der Waals surface area contributed by atoms with Crippen molar-refractivity contribution in [3.05, 3.63) is 71.0 Å². The molecular weight excluding hydrogens is 324 g/mol. The minimum absolute atomic E-state index is 0.0459. The summed E-state index contributed by atoms with van der Waals surface area (Å²) in [5.41, 5.74) is 2.24. The fourth-order valence-corrected chi connectivity index (χ4v) is 3.44. The van der Waals surface area contributed by atoms with Gasteiger partial charge in [0, 0.05) is 5.02 Å². The Kier molecular flexibility index (Phi) is 3.86. The van der Waals surface area contributed by atoms with Gasteiger partial charge >= 0.3 is 0 Å². The third-order valence-corrected chi connectivity index (χ3v) is 4.76. The molecule has 6 heteroatoms. The maximum Gasteiger partial charge on any atom is 0.222 e. The first-order valence-electron chi connectivity index (χ1n) is 7.80. The summed E-state index contributed by atoms with van der Waals surface area (Å²) in [6, 6.07) is 16.2. The van der Waals surface area contributed by atoms with Crippen molar-refractivity contribution in [1.29, 1.82) is 0 Å². The Morgan fingerprint density at radius 1 is 1.17 bits per heavy atom. The Hall–Kier alpha value is -2.53. The number of hydrogen-bond acceptors (Lipinski definition) is 4. The lowest BCUT2D eigenvalue weighted by atomic mass is 9.93. The van der Waals surface area contributed by atoms with Crippen LogP contribution in [0, 0.1) is 0 Å². The zero-order valence-electron chi connectivity index (χ0n) is 13.2. The van der Waals surface area contributed by atoms with Crippen LogP contribution in [-0.2, 0) is 0 Å². The number of rotatable bonds is 3. The molecular formula is C18H17ClN4O. The lowest BCUT2D eigenvalue weighted by Crippen LogP contribution is -2.28. The molecule has 2 aromatic carbocycles. The number of nitrogens with one attached hydrogen (secondary N) is 1. The van der Waals surface area contributed by atoms with E-state index in [0.29, 0.717) is 0 Å². The number of aromatic nitrogens is 3. The van der Waals surface area contributed by atoms with Crippen LogP contribution >= 0.6 is 11.6 Å². The van der Waals surface area contributed by atoms with Gasteiger partial charge in [0.15, 0.2) is 0 Å². The van der Waals surface area contributed by atoms with Crippen molar-refractivity contribution in [3.8, 4) is 5.75 Å². The number of hydrogen-bond donors (Lipinski definition) is 1. The monoisotopic (exact) mass is 340 g/mol. The van der Waals surface area contributed by atoms with E-state index in [0.717, 1.165) is 28.7 Å². The van der Waals surface area contributed by atoms with Gasteiger partial charge in [-0.05, 0) is 35.7 Å². The Balaban J connectivity index is 1.72. The molecule has 0 amide bonds. The molecule has 1 aliphatic heterocycles. The highest BCUT2D eigenvalue weighted by molar-refractivity contribution is 6.31. The molecule has 0 radical (unpaired) electrons. The van der Waals surface area contributed by atoms with Crippen LogP contribution in [0.25, 0.3) is 0 Å². The summed E-state index contributed by atoms with van der Waals surface area (Å²) < 4.78 is 7.15. The van der Waals surface area contributed by atoms with E-state index in [2.05, 4.69) is 33.6 Å². The summed E-state index contributed by atoms with van der Waals surface area (Å²) in [6.07, 6.45) is 2.41. The van der Waals surface area contributed by atoms with E-state index in [1.807, 2.05) is 35.0 Å². The van der Waals surface area contributed by atoms with Crippen LogP contribution < -0.4 is 10.1 Å². The van der Waals surface area contributed by atoms with E-state index in [-0.39, 0.29) is 12.1 Å². The molecule has 0 saturated carbocycles. The van der Waals surface area contributed by atoms with Crippen molar-refractivity contribution in [2.45, 2.75) is 18.5 Å². The normalized spacial score (nSPS) is 19.4. The van der Waals surface area contributed by atoms with E-state index in [9.17, 15) is 0 Å². The molecule has 3 aromatic rings. The van der Waals surface area contributed by atoms with E-state index in [1.54, 1.807) is 13.4 Å². The highest BCUT2D eigenvalue weighted by Gasteiger charge is 2.30. The molecule has 4 rings (SSSR count). The van der Waals surface area contributed by atoms with E-state index < -0.39 is 0 Å². The van der Waals surface area contributed by atoms with Crippen LogP contribution in [0.3, 0.4) is 0 Å². The molecule has 1 aliphatic rings. The van der Waals surface area contributed by atoms with Crippen LogP contribution in [-0.4, -0.2) is 21.9 Å². The summed E-state index contributed by atoms with van der Waals surface area (Å²) in [5, 5.41) is 8.58. The number of halogens is 1. The fraction of sp³-hybridized carbons (Fsp3) is 0.222. The largest absolute Gasteiger partial charge is 0.497 e. The summed E-state index contributed by atoms with van der Waals surface area (Å²) in [4.78, 5) is 4.34. The predicted octanol–water partition coefficient (Wildman–Crippen LogP) is 4.09. The molecule has 0 spiro atoms. The average molecular weight is 341 g/mol. The first kappa shape index (κ1) is 15.0. The third kappa shape index (κ3) is 2.61. The van der Waals surface area contributed by atoms with Gasteiger partial charge in [-0.1, -0.05) is 41.9 Å². The molecule has 0 saturated heterocycles. The molecule has 122 valence electrons. The number of fused-ring (bicyclic) bond motifs is 1. The van der Waals surface area contributed by atoms with Gasteiger partial charge in [-0.2, -0.15) is 10.1 Å². The molecule has 2 atom stereocenters. The second-order valence-electron chi connectivity index (χ2n) is 5.77. The molecule has 1 aromatic heterocycles. The Labute approximate surface area is 145 Å². The second kappa shape index (κ2) is 6.17. The Morgan fingerprint density at radius 3 is 2.71 bits per heavy atom. The summed E-state index contributed by atoms with van der Waals surface area (Å²) in [7, 11) is 1.67. The van der Waals surface area contributed by atoms with Gasteiger partial charge in [0.1, 0.15) is 12.1 Å². The minimum atomic E-state index is 0.0459. The molecule has 0 aliphatic carbocycles. The Bertz CT molecular complexity index is 846. The van der Waals surface area contributed by atoms with Crippen molar-refractivity contribution in [2.75, 3.05) is 12.4 Å². The van der Waals surface area contributed by atoms with Crippen molar-refractivity contribution in [2.24, 2.45) is 0 Å². The third-order valence-electron chi connectivity index (χ3n) is 4.41. The van der Waals surface area contributed by atoms with Gasteiger partial charge in [-0.3, -0.25) is 0 Å². The minimum Gasteiger partial charge on any atom is -0.497 e. The number of anilines is 1. The van der Waals surface area contributed by atoms with Crippen molar-refractivity contribution >= 4 is 17.5 Å². The highest BCUT2D eigenvalue weighted by atomic mass is 35.5. The standard InChI is InChI=1S/C18H17ClN4O/c1-24-13-8-6-12(7-9-13)16-10-17(14-4-2-3-5-15(14)19)23-18(22-16)20-11-21-23/h2-9,11,16-17H,10H2,1H3,(H,20,21,22)/t16-,17+/m0/s1. The van der Waals surface area contributed by atoms with Crippen LogP contribution in [0.5, 0.6) is 5.75 Å². The fourth-order valence-electron chi connectivity index (χ4n) is 3.18. The van der Waals surface area contributed by atoms with Crippen LogP contribution in [0.4, 0.5) is 5.95 Å². The molecule has 24 heavy (non-hydrogen) atoms. The SMILES string of the molecule is COc1ccc([C@@H]2C[C@H](c3ccccc3Cl)n3ncnc3N2)cc1. The zero-order valence-corrected chi connectivity index (χ0v) is 13.9. The maximum absolute atomic E-state index is 6.43. The van der Waals surface area contributed by atoms with E-state index >= 15 is 0 Å². The highest BCUT2D eigenvalue weighted by Crippen LogP contribution is 2.39. The van der Waals surface area contributed by atoms with Crippen molar-refractivity contribution < 1.29 is 4.74 Å². The van der Waals surface area contributed by atoms with Crippen molar-refractivity contribution in [3.63, 3.8) is 0 Å². The van der Waals surface area contributed by atoms with Crippen LogP contribution in [0.1, 0.15) is 29.6 Å². The zero-order chi connectivity index (χ0) is 16.5. The van der Waals surface area contributed by atoms with Crippen molar-refractivity contribution in [1.82, 2.24) is 14.8 Å². The smallest absolute Gasteiger partial charge is 0.222 e. The first-order chi connectivity index (χ1) is 11.8. The lowest BCUT2D eigenvalue weighted by molar-refractivity contribution is 0.413. The number of ether oxygens (including phenoxy) is 1. The Morgan fingerprint density at radius 2 is 1.96 bits per heavy atom. The topological polar surface area (TPSA) is 52.0 Å².